The van der Waals surface area contributed by atoms with E-state index in [4.69, 9.17) is 9.84 Å². The van der Waals surface area contributed by atoms with Crippen molar-refractivity contribution in [3.05, 3.63) is 59.7 Å². The largest absolute Gasteiger partial charge is 0.479 e. The van der Waals surface area contributed by atoms with E-state index < -0.39 is 35.7 Å². The SMILES string of the molecule is CCC[C@H](NC(=O)OCC1c2ccccc2-c2ccccc21)C(=O)NC(C)(C(=O)O)C(F)(F)F. The maximum Gasteiger partial charge on any atom is 0.422 e. The molecule has 0 heterocycles. The third kappa shape index (κ3) is 4.85. The molecule has 0 radical (unpaired) electrons. The molecule has 1 aliphatic carbocycles. The lowest BCUT2D eigenvalue weighted by molar-refractivity contribution is -0.207. The van der Waals surface area contributed by atoms with Gasteiger partial charge >= 0.3 is 18.2 Å². The highest BCUT2D eigenvalue weighted by Crippen LogP contribution is 2.44. The first-order valence-corrected chi connectivity index (χ1v) is 10.7. The molecule has 1 unspecified atom stereocenters. The Kier molecular flexibility index (Phi) is 7.18. The average molecular weight is 478 g/mol. The zero-order chi connectivity index (χ0) is 25.1. The number of alkyl halides is 3. The minimum absolute atomic E-state index is 0.0103. The zero-order valence-corrected chi connectivity index (χ0v) is 18.6. The van der Waals surface area contributed by atoms with Crippen LogP contribution in [0.3, 0.4) is 0 Å². The van der Waals surface area contributed by atoms with E-state index in [0.29, 0.717) is 13.3 Å². The molecular weight excluding hydrogens is 453 g/mol. The summed E-state index contributed by atoms with van der Waals surface area (Å²) in [6, 6.07) is 14.0. The van der Waals surface area contributed by atoms with Gasteiger partial charge in [0.2, 0.25) is 11.4 Å². The number of carbonyl (C=O) groups is 3. The molecule has 0 spiro atoms. The Morgan fingerprint density at radius 2 is 1.56 bits per heavy atom. The van der Waals surface area contributed by atoms with Crippen LogP contribution in [0.25, 0.3) is 11.1 Å². The molecule has 2 amide bonds. The van der Waals surface area contributed by atoms with Gasteiger partial charge in [-0.15, -0.1) is 0 Å². The van der Waals surface area contributed by atoms with E-state index >= 15 is 0 Å². The molecule has 2 aromatic rings. The Labute approximate surface area is 194 Å². The lowest BCUT2D eigenvalue weighted by atomic mass is 9.98. The van der Waals surface area contributed by atoms with Crippen LogP contribution in [0, 0.1) is 0 Å². The van der Waals surface area contributed by atoms with Gasteiger partial charge in [-0.05, 0) is 35.6 Å². The maximum absolute atomic E-state index is 13.3. The van der Waals surface area contributed by atoms with Crippen LogP contribution in [0.4, 0.5) is 18.0 Å². The molecule has 0 saturated carbocycles. The quantitative estimate of drug-likeness (QED) is 0.527. The van der Waals surface area contributed by atoms with E-state index in [1.807, 2.05) is 48.5 Å². The second-order valence-electron chi connectivity index (χ2n) is 8.23. The van der Waals surface area contributed by atoms with Crippen LogP contribution in [0.1, 0.15) is 43.7 Å². The number of benzene rings is 2. The number of fused-ring (bicyclic) bond motifs is 3. The standard InChI is InChI=1S/C24H25F3N2O5/c1-3-8-19(20(30)29-23(2,21(31)32)24(25,26)27)28-22(33)34-13-18-16-11-6-4-9-14(16)15-10-5-7-12-17(15)18/h4-7,9-12,18-19H,3,8,13H2,1-2H3,(H,28,33)(H,29,30)(H,31,32)/t19-,23?/m0/s1. The first-order chi connectivity index (χ1) is 16.0. The second-order valence-corrected chi connectivity index (χ2v) is 8.23. The Bertz CT molecular complexity index is 1040. The number of halogens is 3. The number of rotatable bonds is 8. The third-order valence-corrected chi connectivity index (χ3v) is 5.90. The summed E-state index contributed by atoms with van der Waals surface area (Å²) in [6.45, 7) is 1.97. The van der Waals surface area contributed by atoms with Crippen molar-refractivity contribution in [1.82, 2.24) is 10.6 Å². The fraction of sp³-hybridized carbons (Fsp3) is 0.375. The molecule has 7 nitrogen and oxygen atoms in total. The molecule has 3 N–H and O–H groups in total. The summed E-state index contributed by atoms with van der Waals surface area (Å²) in [6.07, 6.45) is -5.89. The van der Waals surface area contributed by atoms with Crippen LogP contribution < -0.4 is 10.6 Å². The number of alkyl carbamates (subject to hydrolysis) is 1. The van der Waals surface area contributed by atoms with Gasteiger partial charge in [0.15, 0.2) is 0 Å². The van der Waals surface area contributed by atoms with Gasteiger partial charge in [-0.3, -0.25) is 4.79 Å². The lowest BCUT2D eigenvalue weighted by Gasteiger charge is -2.30. The number of carbonyl (C=O) groups excluding carboxylic acids is 2. The Balaban J connectivity index is 1.69. The minimum atomic E-state index is -5.24. The van der Waals surface area contributed by atoms with E-state index in [2.05, 4.69) is 5.32 Å². The Morgan fingerprint density at radius 3 is 2.03 bits per heavy atom. The number of ether oxygens (including phenoxy) is 1. The lowest BCUT2D eigenvalue weighted by Crippen LogP contribution is -2.64. The molecule has 2 atom stereocenters. The van der Waals surface area contributed by atoms with Crippen LogP contribution in [-0.2, 0) is 14.3 Å². The van der Waals surface area contributed by atoms with Gasteiger partial charge in [0, 0.05) is 5.92 Å². The highest BCUT2D eigenvalue weighted by atomic mass is 19.4. The third-order valence-electron chi connectivity index (χ3n) is 5.90. The van der Waals surface area contributed by atoms with Crippen molar-refractivity contribution >= 4 is 18.0 Å². The molecule has 10 heteroatoms. The van der Waals surface area contributed by atoms with Crippen molar-refractivity contribution in [2.45, 2.75) is 50.4 Å². The smallest absolute Gasteiger partial charge is 0.422 e. The summed E-state index contributed by atoms with van der Waals surface area (Å²) in [5.41, 5.74) is 0.494. The summed E-state index contributed by atoms with van der Waals surface area (Å²) in [4.78, 5) is 36.1. The summed E-state index contributed by atoms with van der Waals surface area (Å²) in [5.74, 6) is -3.76. The van der Waals surface area contributed by atoms with Crippen molar-refractivity contribution in [2.24, 2.45) is 0 Å². The number of amides is 2. The molecule has 182 valence electrons. The molecule has 0 aromatic heterocycles. The monoisotopic (exact) mass is 478 g/mol. The number of nitrogens with one attached hydrogen (secondary N) is 2. The van der Waals surface area contributed by atoms with Gasteiger partial charge in [0.05, 0.1) is 0 Å². The fourth-order valence-corrected chi connectivity index (χ4v) is 3.92. The molecule has 2 aromatic carbocycles. The van der Waals surface area contributed by atoms with Crippen molar-refractivity contribution in [3.8, 4) is 11.1 Å². The van der Waals surface area contributed by atoms with Crippen LogP contribution in [0.2, 0.25) is 0 Å². The van der Waals surface area contributed by atoms with E-state index in [-0.39, 0.29) is 18.9 Å². The molecular formula is C24H25F3N2O5. The molecule has 0 aliphatic heterocycles. The highest BCUT2D eigenvalue weighted by molar-refractivity contribution is 5.91. The summed E-state index contributed by atoms with van der Waals surface area (Å²) >= 11 is 0. The normalized spacial score (nSPS) is 15.4. The van der Waals surface area contributed by atoms with Gasteiger partial charge < -0.3 is 20.5 Å². The Morgan fingerprint density at radius 1 is 1.03 bits per heavy atom. The van der Waals surface area contributed by atoms with Crippen molar-refractivity contribution < 1.29 is 37.4 Å². The van der Waals surface area contributed by atoms with Gasteiger partial charge in [-0.25, -0.2) is 9.59 Å². The number of hydrogen-bond donors (Lipinski definition) is 3. The van der Waals surface area contributed by atoms with Crippen LogP contribution in [0.5, 0.6) is 0 Å². The molecule has 0 fully saturated rings. The summed E-state index contributed by atoms with van der Waals surface area (Å²) in [7, 11) is 0. The average Bonchev–Trinajstić information content (AvgIpc) is 3.10. The number of carboxylic acids is 1. The van der Waals surface area contributed by atoms with Gasteiger partial charge in [-0.1, -0.05) is 61.9 Å². The molecule has 34 heavy (non-hydrogen) atoms. The Hall–Kier alpha value is -3.56. The molecule has 1 aliphatic rings. The predicted octanol–water partition coefficient (Wildman–Crippen LogP) is 4.22. The number of hydrogen-bond acceptors (Lipinski definition) is 4. The predicted molar refractivity (Wildman–Crippen MR) is 117 cm³/mol. The van der Waals surface area contributed by atoms with Crippen molar-refractivity contribution in [3.63, 3.8) is 0 Å². The van der Waals surface area contributed by atoms with E-state index in [1.54, 1.807) is 6.92 Å². The van der Waals surface area contributed by atoms with E-state index in [9.17, 15) is 27.6 Å². The van der Waals surface area contributed by atoms with Crippen molar-refractivity contribution in [2.75, 3.05) is 6.61 Å². The van der Waals surface area contributed by atoms with E-state index in [0.717, 1.165) is 22.3 Å². The first-order valence-electron chi connectivity index (χ1n) is 10.7. The fourth-order valence-electron chi connectivity index (χ4n) is 3.92. The maximum atomic E-state index is 13.3. The van der Waals surface area contributed by atoms with Gasteiger partial charge in [0.1, 0.15) is 12.6 Å². The highest BCUT2D eigenvalue weighted by Gasteiger charge is 2.58. The van der Waals surface area contributed by atoms with Crippen molar-refractivity contribution in [1.29, 1.82) is 0 Å². The van der Waals surface area contributed by atoms with Gasteiger partial charge in [0.25, 0.3) is 0 Å². The minimum Gasteiger partial charge on any atom is -0.479 e. The van der Waals surface area contributed by atoms with Crippen LogP contribution >= 0.6 is 0 Å². The molecule has 0 saturated heterocycles. The second kappa shape index (κ2) is 9.74. The topological polar surface area (TPSA) is 105 Å². The summed E-state index contributed by atoms with van der Waals surface area (Å²) < 4.78 is 45.1. The van der Waals surface area contributed by atoms with Crippen LogP contribution in [-0.4, -0.2) is 47.4 Å². The molecule has 3 rings (SSSR count). The van der Waals surface area contributed by atoms with E-state index in [1.165, 1.54) is 5.32 Å². The zero-order valence-electron chi connectivity index (χ0n) is 18.6. The molecule has 0 bridgehead atoms. The summed E-state index contributed by atoms with van der Waals surface area (Å²) in [5, 5.41) is 12.8. The van der Waals surface area contributed by atoms with Gasteiger partial charge in [-0.2, -0.15) is 13.2 Å². The number of aliphatic carboxylic acids is 1. The first kappa shape index (κ1) is 25.1. The number of carboxylic acid groups (broad SMARTS) is 1. The van der Waals surface area contributed by atoms with Crippen LogP contribution in [0.15, 0.2) is 48.5 Å².